The van der Waals surface area contributed by atoms with E-state index in [0.29, 0.717) is 12.8 Å². The third-order valence-corrected chi connectivity index (χ3v) is 3.49. The minimum atomic E-state index is -0.288. The number of nitrogens with one attached hydrogen (secondary N) is 1. The van der Waals surface area contributed by atoms with Gasteiger partial charge in [0.2, 0.25) is 11.8 Å². The normalized spacial score (nSPS) is 19.5. The summed E-state index contributed by atoms with van der Waals surface area (Å²) >= 11 is 0. The van der Waals surface area contributed by atoms with Gasteiger partial charge < -0.3 is 5.11 Å². The van der Waals surface area contributed by atoms with Gasteiger partial charge in [-0.3, -0.25) is 14.9 Å². The van der Waals surface area contributed by atoms with Gasteiger partial charge in [0, 0.05) is 6.42 Å². The standard InChI is InChI=1S/C15H13NO3/c17-12-4-3-9-1-2-10(7-11(9)8-12)13-5-6-14(18)16-15(13)19/h1-4,7-8,13,17H,5-6H2,(H,16,18,19). The topological polar surface area (TPSA) is 66.4 Å². The SMILES string of the molecule is O=C1CCC(c2ccc3ccc(O)cc3c2)C(=O)N1. The number of aromatic hydroxyl groups is 1. The molecule has 0 aromatic heterocycles. The molecular weight excluding hydrogens is 242 g/mol. The number of phenols is 1. The molecule has 2 amide bonds. The van der Waals surface area contributed by atoms with Gasteiger partial charge in [-0.1, -0.05) is 24.3 Å². The molecule has 0 spiro atoms. The van der Waals surface area contributed by atoms with Crippen molar-refractivity contribution in [3.8, 4) is 5.75 Å². The second kappa shape index (κ2) is 4.39. The summed E-state index contributed by atoms with van der Waals surface area (Å²) < 4.78 is 0. The van der Waals surface area contributed by atoms with Crippen molar-refractivity contribution in [1.82, 2.24) is 5.32 Å². The van der Waals surface area contributed by atoms with Crippen LogP contribution in [0.1, 0.15) is 24.3 Å². The highest BCUT2D eigenvalue weighted by molar-refractivity contribution is 6.01. The minimum absolute atomic E-state index is 0.202. The molecular formula is C15H13NO3. The molecule has 4 nitrogen and oxygen atoms in total. The monoisotopic (exact) mass is 255 g/mol. The van der Waals surface area contributed by atoms with E-state index in [1.54, 1.807) is 12.1 Å². The summed E-state index contributed by atoms with van der Waals surface area (Å²) in [6, 6.07) is 10.9. The van der Waals surface area contributed by atoms with Crippen molar-refractivity contribution >= 4 is 22.6 Å². The maximum Gasteiger partial charge on any atom is 0.234 e. The highest BCUT2D eigenvalue weighted by Gasteiger charge is 2.27. The summed E-state index contributed by atoms with van der Waals surface area (Å²) in [7, 11) is 0. The van der Waals surface area contributed by atoms with E-state index >= 15 is 0 Å². The lowest BCUT2D eigenvalue weighted by Crippen LogP contribution is -2.39. The third-order valence-electron chi connectivity index (χ3n) is 3.49. The van der Waals surface area contributed by atoms with Crippen LogP contribution in [0.15, 0.2) is 36.4 Å². The molecule has 3 rings (SSSR count). The molecule has 4 heteroatoms. The number of fused-ring (bicyclic) bond motifs is 1. The first-order chi connectivity index (χ1) is 9.13. The molecule has 1 aliphatic rings. The molecule has 0 saturated carbocycles. The average molecular weight is 255 g/mol. The van der Waals surface area contributed by atoms with Crippen LogP contribution in [0, 0.1) is 0 Å². The van der Waals surface area contributed by atoms with Gasteiger partial charge in [0.05, 0.1) is 5.92 Å². The van der Waals surface area contributed by atoms with Crippen LogP contribution in [0.2, 0.25) is 0 Å². The highest BCUT2D eigenvalue weighted by atomic mass is 16.3. The molecule has 0 radical (unpaired) electrons. The number of hydrogen-bond acceptors (Lipinski definition) is 3. The maximum absolute atomic E-state index is 11.8. The fourth-order valence-electron chi connectivity index (χ4n) is 2.48. The quantitative estimate of drug-likeness (QED) is 0.766. The second-order valence-corrected chi connectivity index (χ2v) is 4.79. The second-order valence-electron chi connectivity index (χ2n) is 4.79. The Morgan fingerprint density at radius 3 is 2.63 bits per heavy atom. The summed E-state index contributed by atoms with van der Waals surface area (Å²) in [5.74, 6) is -0.534. The zero-order valence-corrected chi connectivity index (χ0v) is 10.2. The predicted octanol–water partition coefficient (Wildman–Crippen LogP) is 2.07. The fourth-order valence-corrected chi connectivity index (χ4v) is 2.48. The zero-order chi connectivity index (χ0) is 13.4. The Labute approximate surface area is 110 Å². The van der Waals surface area contributed by atoms with Crippen LogP contribution in [0.25, 0.3) is 10.8 Å². The smallest absolute Gasteiger partial charge is 0.234 e. The number of piperidine rings is 1. The van der Waals surface area contributed by atoms with E-state index in [1.165, 1.54) is 0 Å². The van der Waals surface area contributed by atoms with Crippen LogP contribution >= 0.6 is 0 Å². The van der Waals surface area contributed by atoms with Crippen LogP contribution < -0.4 is 5.32 Å². The molecule has 96 valence electrons. The first kappa shape index (κ1) is 11.7. The van der Waals surface area contributed by atoms with Crippen molar-refractivity contribution in [2.45, 2.75) is 18.8 Å². The molecule has 0 aliphatic carbocycles. The van der Waals surface area contributed by atoms with Crippen LogP contribution in [0.4, 0.5) is 0 Å². The lowest BCUT2D eigenvalue weighted by atomic mass is 9.89. The van der Waals surface area contributed by atoms with Crippen molar-refractivity contribution in [3.05, 3.63) is 42.0 Å². The van der Waals surface area contributed by atoms with Crippen molar-refractivity contribution in [2.24, 2.45) is 0 Å². The van der Waals surface area contributed by atoms with E-state index in [0.717, 1.165) is 16.3 Å². The van der Waals surface area contributed by atoms with Gasteiger partial charge in [-0.25, -0.2) is 0 Å². The Hall–Kier alpha value is -2.36. The maximum atomic E-state index is 11.8. The van der Waals surface area contributed by atoms with E-state index < -0.39 is 0 Å². The van der Waals surface area contributed by atoms with E-state index in [4.69, 9.17) is 0 Å². The molecule has 1 atom stereocenters. The number of rotatable bonds is 1. The van der Waals surface area contributed by atoms with Gasteiger partial charge in [-0.05, 0) is 34.9 Å². The molecule has 19 heavy (non-hydrogen) atoms. The Morgan fingerprint density at radius 2 is 1.84 bits per heavy atom. The zero-order valence-electron chi connectivity index (χ0n) is 10.2. The molecule has 1 fully saturated rings. The van der Waals surface area contributed by atoms with Gasteiger partial charge in [0.25, 0.3) is 0 Å². The molecule has 1 unspecified atom stereocenters. The third kappa shape index (κ3) is 2.17. The van der Waals surface area contributed by atoms with Crippen LogP contribution in [0.3, 0.4) is 0 Å². The van der Waals surface area contributed by atoms with Crippen LogP contribution in [-0.4, -0.2) is 16.9 Å². The van der Waals surface area contributed by atoms with E-state index in [1.807, 2.05) is 24.3 Å². The molecule has 1 saturated heterocycles. The first-order valence-corrected chi connectivity index (χ1v) is 6.20. The summed E-state index contributed by atoms with van der Waals surface area (Å²) in [5, 5.41) is 13.8. The molecule has 2 N–H and O–H groups in total. The number of benzene rings is 2. The Bertz CT molecular complexity index is 678. The Kier molecular flexibility index (Phi) is 2.71. The van der Waals surface area contributed by atoms with Gasteiger partial charge in [0.1, 0.15) is 5.75 Å². The lowest BCUT2D eigenvalue weighted by Gasteiger charge is -2.21. The molecule has 1 aliphatic heterocycles. The Balaban J connectivity index is 2.01. The number of imide groups is 1. The number of carbonyl (C=O) groups excluding carboxylic acids is 2. The molecule has 2 aromatic carbocycles. The van der Waals surface area contributed by atoms with Gasteiger partial charge in [-0.2, -0.15) is 0 Å². The fraction of sp³-hybridized carbons (Fsp3) is 0.200. The largest absolute Gasteiger partial charge is 0.508 e. The van der Waals surface area contributed by atoms with Gasteiger partial charge in [-0.15, -0.1) is 0 Å². The molecule has 1 heterocycles. The lowest BCUT2D eigenvalue weighted by molar-refractivity contribution is -0.134. The molecule has 2 aromatic rings. The number of carbonyl (C=O) groups is 2. The van der Waals surface area contributed by atoms with E-state index in [-0.39, 0.29) is 23.5 Å². The van der Waals surface area contributed by atoms with Gasteiger partial charge in [0.15, 0.2) is 0 Å². The summed E-state index contributed by atoms with van der Waals surface area (Å²) in [6.07, 6.45) is 0.906. The minimum Gasteiger partial charge on any atom is -0.508 e. The summed E-state index contributed by atoms with van der Waals surface area (Å²) in [6.45, 7) is 0. The first-order valence-electron chi connectivity index (χ1n) is 6.20. The van der Waals surface area contributed by atoms with Crippen molar-refractivity contribution < 1.29 is 14.7 Å². The summed E-state index contributed by atoms with van der Waals surface area (Å²) in [5.41, 5.74) is 0.878. The van der Waals surface area contributed by atoms with Crippen LogP contribution in [0.5, 0.6) is 5.75 Å². The van der Waals surface area contributed by atoms with Crippen LogP contribution in [-0.2, 0) is 9.59 Å². The van der Waals surface area contributed by atoms with E-state index in [9.17, 15) is 14.7 Å². The average Bonchev–Trinajstić information content (AvgIpc) is 2.38. The molecule has 0 bridgehead atoms. The number of hydrogen-bond donors (Lipinski definition) is 2. The summed E-state index contributed by atoms with van der Waals surface area (Å²) in [4.78, 5) is 23.0. The highest BCUT2D eigenvalue weighted by Crippen LogP contribution is 2.28. The predicted molar refractivity (Wildman–Crippen MR) is 70.7 cm³/mol. The Morgan fingerprint density at radius 1 is 1.05 bits per heavy atom. The van der Waals surface area contributed by atoms with Crippen molar-refractivity contribution in [2.75, 3.05) is 0 Å². The van der Waals surface area contributed by atoms with Crippen molar-refractivity contribution in [1.29, 1.82) is 0 Å². The van der Waals surface area contributed by atoms with Gasteiger partial charge >= 0.3 is 0 Å². The van der Waals surface area contributed by atoms with E-state index in [2.05, 4.69) is 5.32 Å². The van der Waals surface area contributed by atoms with Crippen molar-refractivity contribution in [3.63, 3.8) is 0 Å². The number of phenolic OH excluding ortho intramolecular Hbond substituents is 1. The number of amides is 2.